The standard InChI is InChI=1S/C20H22ClN5O2/c1-20(14-2-3-14,15-4-5-17(21)22-11-15)19-24-18(28-25-19)13-10-23-26(12-13)16-6-8-27-9-7-16/h4-5,10-12,14,16H,2-3,6-9H2,1H3. The molecular formula is C20H22ClN5O2. The second kappa shape index (κ2) is 6.97. The third kappa shape index (κ3) is 3.12. The van der Waals surface area contributed by atoms with E-state index in [-0.39, 0.29) is 5.41 Å². The van der Waals surface area contributed by atoms with Crippen LogP contribution in [0, 0.1) is 5.92 Å². The lowest BCUT2D eigenvalue weighted by Crippen LogP contribution is -2.28. The van der Waals surface area contributed by atoms with Gasteiger partial charge in [-0.05, 0) is 50.2 Å². The molecule has 0 bridgehead atoms. The number of hydrogen-bond donors (Lipinski definition) is 0. The van der Waals surface area contributed by atoms with Crippen LogP contribution in [0.3, 0.4) is 0 Å². The van der Waals surface area contributed by atoms with E-state index in [1.54, 1.807) is 6.20 Å². The number of halogens is 1. The molecule has 5 rings (SSSR count). The van der Waals surface area contributed by atoms with Crippen LogP contribution in [0.5, 0.6) is 0 Å². The highest BCUT2D eigenvalue weighted by Gasteiger charge is 2.47. The summed E-state index contributed by atoms with van der Waals surface area (Å²) in [7, 11) is 0. The molecule has 0 spiro atoms. The maximum absolute atomic E-state index is 5.98. The fourth-order valence-corrected chi connectivity index (χ4v) is 4.15. The summed E-state index contributed by atoms with van der Waals surface area (Å²) >= 11 is 5.98. The molecule has 0 amide bonds. The Kier molecular flexibility index (Phi) is 4.44. The van der Waals surface area contributed by atoms with Crippen LogP contribution in [0.25, 0.3) is 11.5 Å². The Bertz CT molecular complexity index is 959. The Morgan fingerprint density at radius 3 is 2.68 bits per heavy atom. The molecule has 1 saturated heterocycles. The SMILES string of the molecule is CC(c1ccc(Cl)nc1)(c1noc(-c2cnn(C3CCOCC3)c2)n1)C1CC1. The number of aromatic nitrogens is 5. The van der Waals surface area contributed by atoms with E-state index in [0.717, 1.165) is 50.0 Å². The highest BCUT2D eigenvalue weighted by molar-refractivity contribution is 6.29. The van der Waals surface area contributed by atoms with E-state index < -0.39 is 0 Å². The van der Waals surface area contributed by atoms with Gasteiger partial charge in [0.05, 0.1) is 23.2 Å². The van der Waals surface area contributed by atoms with Gasteiger partial charge in [-0.15, -0.1) is 0 Å². The van der Waals surface area contributed by atoms with Crippen molar-refractivity contribution in [2.75, 3.05) is 13.2 Å². The number of ether oxygens (including phenoxy) is 1. The lowest BCUT2D eigenvalue weighted by Gasteiger charge is -2.26. The molecule has 3 aromatic heterocycles. The van der Waals surface area contributed by atoms with Crippen molar-refractivity contribution in [3.63, 3.8) is 0 Å². The molecule has 8 heteroatoms. The fraction of sp³-hybridized carbons (Fsp3) is 0.500. The molecule has 7 nitrogen and oxygen atoms in total. The van der Waals surface area contributed by atoms with Gasteiger partial charge in [0.2, 0.25) is 0 Å². The van der Waals surface area contributed by atoms with Crippen molar-refractivity contribution in [3.05, 3.63) is 47.3 Å². The van der Waals surface area contributed by atoms with Crippen molar-refractivity contribution in [1.82, 2.24) is 24.9 Å². The summed E-state index contributed by atoms with van der Waals surface area (Å²) < 4.78 is 13.1. The molecular weight excluding hydrogens is 378 g/mol. The van der Waals surface area contributed by atoms with E-state index >= 15 is 0 Å². The zero-order valence-electron chi connectivity index (χ0n) is 15.7. The van der Waals surface area contributed by atoms with Crippen molar-refractivity contribution < 1.29 is 9.26 Å². The summed E-state index contributed by atoms with van der Waals surface area (Å²) in [5.41, 5.74) is 1.57. The Morgan fingerprint density at radius 2 is 1.96 bits per heavy atom. The van der Waals surface area contributed by atoms with Gasteiger partial charge < -0.3 is 9.26 Å². The van der Waals surface area contributed by atoms with Crippen molar-refractivity contribution in [3.8, 4) is 11.5 Å². The molecule has 0 aromatic carbocycles. The van der Waals surface area contributed by atoms with Crippen LogP contribution in [0.15, 0.2) is 35.2 Å². The Hall–Kier alpha value is -2.25. The monoisotopic (exact) mass is 399 g/mol. The molecule has 1 aliphatic heterocycles. The second-order valence-corrected chi connectivity index (χ2v) is 8.21. The average Bonchev–Trinajstić information content (AvgIpc) is 3.27. The highest BCUT2D eigenvalue weighted by Crippen LogP contribution is 2.50. The zero-order chi connectivity index (χ0) is 19.1. The van der Waals surface area contributed by atoms with Crippen LogP contribution in [-0.2, 0) is 10.2 Å². The molecule has 0 N–H and O–H groups in total. The van der Waals surface area contributed by atoms with Gasteiger partial charge in [-0.3, -0.25) is 4.68 Å². The maximum atomic E-state index is 5.98. The molecule has 4 heterocycles. The highest BCUT2D eigenvalue weighted by atomic mass is 35.5. The molecule has 1 atom stereocenters. The first-order valence-electron chi connectivity index (χ1n) is 9.73. The van der Waals surface area contributed by atoms with Crippen LogP contribution in [-0.4, -0.2) is 38.1 Å². The Balaban J connectivity index is 1.45. The summed E-state index contributed by atoms with van der Waals surface area (Å²) in [6.07, 6.45) is 9.84. The molecule has 3 aromatic rings. The molecule has 0 radical (unpaired) electrons. The Labute approximate surface area is 168 Å². The first-order chi connectivity index (χ1) is 13.6. The second-order valence-electron chi connectivity index (χ2n) is 7.82. The van der Waals surface area contributed by atoms with Crippen LogP contribution >= 0.6 is 11.6 Å². The number of nitrogens with zero attached hydrogens (tertiary/aromatic N) is 5. The molecule has 1 unspecified atom stereocenters. The maximum Gasteiger partial charge on any atom is 0.261 e. The number of hydrogen-bond acceptors (Lipinski definition) is 6. The molecule has 2 fully saturated rings. The zero-order valence-corrected chi connectivity index (χ0v) is 16.5. The molecule has 1 aliphatic carbocycles. The average molecular weight is 400 g/mol. The summed E-state index contributed by atoms with van der Waals surface area (Å²) in [4.78, 5) is 9.01. The Morgan fingerprint density at radius 1 is 1.14 bits per heavy atom. The molecule has 28 heavy (non-hydrogen) atoms. The summed E-state index contributed by atoms with van der Waals surface area (Å²) in [6.45, 7) is 3.72. The normalized spacial score (nSPS) is 20.2. The van der Waals surface area contributed by atoms with Gasteiger partial charge in [-0.1, -0.05) is 22.8 Å². The lowest BCUT2D eigenvalue weighted by atomic mass is 9.78. The van der Waals surface area contributed by atoms with Crippen molar-refractivity contribution in [1.29, 1.82) is 0 Å². The van der Waals surface area contributed by atoms with E-state index in [1.807, 2.05) is 29.2 Å². The first kappa shape index (κ1) is 17.8. The van der Waals surface area contributed by atoms with E-state index in [9.17, 15) is 0 Å². The van der Waals surface area contributed by atoms with Gasteiger partial charge in [-0.25, -0.2) is 4.98 Å². The smallest absolute Gasteiger partial charge is 0.261 e. The molecule has 146 valence electrons. The summed E-state index contributed by atoms with van der Waals surface area (Å²) in [5, 5.41) is 9.34. The topological polar surface area (TPSA) is 78.9 Å². The predicted molar refractivity (Wildman–Crippen MR) is 103 cm³/mol. The minimum absolute atomic E-state index is 0.337. The minimum Gasteiger partial charge on any atom is -0.381 e. The number of rotatable bonds is 5. The summed E-state index contributed by atoms with van der Waals surface area (Å²) in [6, 6.07) is 4.19. The van der Waals surface area contributed by atoms with Crippen LogP contribution < -0.4 is 0 Å². The first-order valence-corrected chi connectivity index (χ1v) is 10.1. The van der Waals surface area contributed by atoms with Crippen molar-refractivity contribution in [2.24, 2.45) is 5.92 Å². The van der Waals surface area contributed by atoms with Gasteiger partial charge in [0.15, 0.2) is 5.82 Å². The molecule has 1 saturated carbocycles. The van der Waals surface area contributed by atoms with Crippen molar-refractivity contribution >= 4 is 11.6 Å². The number of pyridine rings is 1. The predicted octanol–water partition coefficient (Wildman–Crippen LogP) is 4.05. The van der Waals surface area contributed by atoms with Gasteiger partial charge in [-0.2, -0.15) is 10.1 Å². The van der Waals surface area contributed by atoms with E-state index in [2.05, 4.69) is 22.2 Å². The minimum atomic E-state index is -0.337. The van der Waals surface area contributed by atoms with E-state index in [4.69, 9.17) is 25.8 Å². The fourth-order valence-electron chi connectivity index (χ4n) is 4.04. The molecule has 2 aliphatic rings. The van der Waals surface area contributed by atoms with E-state index in [0.29, 0.717) is 28.8 Å². The third-order valence-electron chi connectivity index (χ3n) is 6.02. The van der Waals surface area contributed by atoms with Crippen LogP contribution in [0.4, 0.5) is 0 Å². The lowest BCUT2D eigenvalue weighted by molar-refractivity contribution is 0.0662. The van der Waals surface area contributed by atoms with Crippen LogP contribution in [0.2, 0.25) is 5.15 Å². The van der Waals surface area contributed by atoms with Gasteiger partial charge in [0.1, 0.15) is 5.15 Å². The van der Waals surface area contributed by atoms with Gasteiger partial charge in [0, 0.05) is 25.6 Å². The largest absolute Gasteiger partial charge is 0.381 e. The van der Waals surface area contributed by atoms with E-state index in [1.165, 1.54) is 0 Å². The third-order valence-corrected chi connectivity index (χ3v) is 6.25. The summed E-state index contributed by atoms with van der Waals surface area (Å²) in [5.74, 6) is 1.67. The van der Waals surface area contributed by atoms with Crippen LogP contribution in [0.1, 0.15) is 50.0 Å². The van der Waals surface area contributed by atoms with Crippen molar-refractivity contribution in [2.45, 2.75) is 44.1 Å². The van der Waals surface area contributed by atoms with Gasteiger partial charge >= 0.3 is 0 Å². The van der Waals surface area contributed by atoms with Gasteiger partial charge in [0.25, 0.3) is 5.89 Å². The quantitative estimate of drug-likeness (QED) is 0.602.